The van der Waals surface area contributed by atoms with E-state index in [-0.39, 0.29) is 16.9 Å². The van der Waals surface area contributed by atoms with Crippen LogP contribution in [0.15, 0.2) is 12.1 Å². The van der Waals surface area contributed by atoms with Crippen molar-refractivity contribution in [2.45, 2.75) is 52.9 Å². The zero-order valence-electron chi connectivity index (χ0n) is 13.0. The summed E-state index contributed by atoms with van der Waals surface area (Å²) in [7, 11) is 0. The molecule has 1 amide bonds. The van der Waals surface area contributed by atoms with Crippen LogP contribution >= 0.6 is 0 Å². The van der Waals surface area contributed by atoms with E-state index in [1.165, 1.54) is 0 Å². The molecule has 2 N–H and O–H groups in total. The number of nitrogens with one attached hydrogen (secondary N) is 1. The smallest absolute Gasteiger partial charge is 0.336 e. The van der Waals surface area contributed by atoms with Crippen LogP contribution in [-0.4, -0.2) is 17.0 Å². The van der Waals surface area contributed by atoms with Crippen molar-refractivity contribution in [2.24, 2.45) is 5.41 Å². The molecule has 2 rings (SSSR count). The molecule has 1 aromatic rings. The molecule has 1 aliphatic rings. The van der Waals surface area contributed by atoms with E-state index in [1.54, 1.807) is 13.0 Å². The third-order valence-electron chi connectivity index (χ3n) is 4.77. The number of benzene rings is 1. The highest BCUT2D eigenvalue weighted by Gasteiger charge is 2.39. The van der Waals surface area contributed by atoms with Crippen LogP contribution in [0, 0.1) is 19.3 Å². The van der Waals surface area contributed by atoms with E-state index < -0.39 is 5.97 Å². The minimum absolute atomic E-state index is 0.0331. The number of hydrogen-bond donors (Lipinski definition) is 2. The number of rotatable bonds is 4. The topological polar surface area (TPSA) is 66.4 Å². The second-order valence-electron chi connectivity index (χ2n) is 6.08. The molecule has 0 bridgehead atoms. The number of amides is 1. The van der Waals surface area contributed by atoms with Crippen molar-refractivity contribution in [3.63, 3.8) is 0 Å². The Kier molecular flexibility index (Phi) is 4.35. The van der Waals surface area contributed by atoms with Crippen molar-refractivity contribution < 1.29 is 14.7 Å². The first-order chi connectivity index (χ1) is 9.89. The van der Waals surface area contributed by atoms with Crippen LogP contribution in [-0.2, 0) is 4.79 Å². The summed E-state index contributed by atoms with van der Waals surface area (Å²) in [6.45, 7) is 5.71. The normalized spacial score (nSPS) is 16.7. The predicted molar refractivity (Wildman–Crippen MR) is 82.7 cm³/mol. The number of carbonyl (C=O) groups excluding carboxylic acids is 1. The zero-order valence-corrected chi connectivity index (χ0v) is 13.0. The molecule has 4 heteroatoms. The molecule has 4 nitrogen and oxygen atoms in total. The Hall–Kier alpha value is -1.84. The summed E-state index contributed by atoms with van der Waals surface area (Å²) in [5.74, 6) is -0.931. The van der Waals surface area contributed by atoms with Gasteiger partial charge in [-0.1, -0.05) is 25.8 Å². The molecule has 0 radical (unpaired) electrons. The first-order valence-electron chi connectivity index (χ1n) is 7.55. The van der Waals surface area contributed by atoms with Crippen LogP contribution < -0.4 is 5.32 Å². The largest absolute Gasteiger partial charge is 0.478 e. The summed E-state index contributed by atoms with van der Waals surface area (Å²) in [5, 5.41) is 12.2. The number of aryl methyl sites for hydroxylation is 2. The minimum atomic E-state index is -0.964. The van der Waals surface area contributed by atoms with Crippen molar-refractivity contribution in [3.8, 4) is 0 Å². The fourth-order valence-electron chi connectivity index (χ4n) is 3.27. The third kappa shape index (κ3) is 2.94. The maximum atomic E-state index is 12.6. The van der Waals surface area contributed by atoms with E-state index in [0.29, 0.717) is 11.3 Å². The van der Waals surface area contributed by atoms with Gasteiger partial charge in [-0.05, 0) is 50.3 Å². The molecule has 21 heavy (non-hydrogen) atoms. The highest BCUT2D eigenvalue weighted by Crippen LogP contribution is 2.42. The van der Waals surface area contributed by atoms with Crippen LogP contribution in [0.4, 0.5) is 5.69 Å². The van der Waals surface area contributed by atoms with Gasteiger partial charge in [0.05, 0.1) is 5.56 Å². The zero-order chi connectivity index (χ0) is 15.6. The molecule has 114 valence electrons. The lowest BCUT2D eigenvalue weighted by atomic mass is 9.82. The highest BCUT2D eigenvalue weighted by atomic mass is 16.4. The Bertz CT molecular complexity index is 572. The SMILES string of the molecule is CCC1(C(=O)Nc2cc(C(=O)O)c(C)cc2C)CCCC1. The summed E-state index contributed by atoms with van der Waals surface area (Å²) < 4.78 is 0. The van der Waals surface area contributed by atoms with Gasteiger partial charge < -0.3 is 10.4 Å². The molecule has 0 atom stereocenters. The molecular formula is C17H23NO3. The van der Waals surface area contributed by atoms with Crippen LogP contribution in [0.1, 0.15) is 60.5 Å². The Labute approximate surface area is 125 Å². The molecule has 0 unspecified atom stereocenters. The van der Waals surface area contributed by atoms with E-state index in [1.807, 2.05) is 13.0 Å². The lowest BCUT2D eigenvalue weighted by molar-refractivity contribution is -0.125. The van der Waals surface area contributed by atoms with Gasteiger partial charge in [0.15, 0.2) is 0 Å². The average molecular weight is 289 g/mol. The number of anilines is 1. The third-order valence-corrected chi connectivity index (χ3v) is 4.77. The standard InChI is InChI=1S/C17H23NO3/c1-4-17(7-5-6-8-17)16(21)18-14-10-13(15(19)20)11(2)9-12(14)3/h9-10H,4-8H2,1-3H3,(H,18,21)(H,19,20). The molecule has 0 spiro atoms. The van der Waals surface area contributed by atoms with Crippen molar-refractivity contribution in [3.05, 3.63) is 28.8 Å². The summed E-state index contributed by atoms with van der Waals surface area (Å²) in [6.07, 6.45) is 4.86. The van der Waals surface area contributed by atoms with Crippen LogP contribution in [0.5, 0.6) is 0 Å². The molecule has 1 aliphatic carbocycles. The van der Waals surface area contributed by atoms with Gasteiger partial charge in [0.25, 0.3) is 0 Å². The second kappa shape index (κ2) is 5.88. The fraction of sp³-hybridized carbons (Fsp3) is 0.529. The summed E-state index contributed by atoms with van der Waals surface area (Å²) in [5.41, 5.74) is 2.19. The van der Waals surface area contributed by atoms with Crippen molar-refractivity contribution in [1.29, 1.82) is 0 Å². The molecular weight excluding hydrogens is 266 g/mol. The predicted octanol–water partition coefficient (Wildman–Crippen LogP) is 3.91. The van der Waals surface area contributed by atoms with Gasteiger partial charge in [0.2, 0.25) is 5.91 Å². The van der Waals surface area contributed by atoms with E-state index in [2.05, 4.69) is 12.2 Å². The number of aromatic carboxylic acids is 1. The Morgan fingerprint density at radius 1 is 1.19 bits per heavy atom. The quantitative estimate of drug-likeness (QED) is 0.883. The second-order valence-corrected chi connectivity index (χ2v) is 6.08. The van der Waals surface area contributed by atoms with Crippen LogP contribution in [0.25, 0.3) is 0 Å². The first kappa shape index (κ1) is 15.5. The number of hydrogen-bond acceptors (Lipinski definition) is 2. The van der Waals surface area contributed by atoms with E-state index in [0.717, 1.165) is 37.7 Å². The van der Waals surface area contributed by atoms with E-state index >= 15 is 0 Å². The molecule has 0 saturated heterocycles. The van der Waals surface area contributed by atoms with Crippen LogP contribution in [0.3, 0.4) is 0 Å². The first-order valence-corrected chi connectivity index (χ1v) is 7.55. The lowest BCUT2D eigenvalue weighted by Gasteiger charge is -2.26. The summed E-state index contributed by atoms with van der Waals surface area (Å²) in [4.78, 5) is 23.9. The lowest BCUT2D eigenvalue weighted by Crippen LogP contribution is -2.33. The Balaban J connectivity index is 2.29. The fourth-order valence-corrected chi connectivity index (χ4v) is 3.27. The van der Waals surface area contributed by atoms with Gasteiger partial charge >= 0.3 is 5.97 Å². The van der Waals surface area contributed by atoms with Gasteiger partial charge in [-0.25, -0.2) is 4.79 Å². The number of carboxylic acids is 1. The monoisotopic (exact) mass is 289 g/mol. The van der Waals surface area contributed by atoms with Gasteiger partial charge in [-0.3, -0.25) is 4.79 Å². The van der Waals surface area contributed by atoms with Crippen LogP contribution in [0.2, 0.25) is 0 Å². The van der Waals surface area contributed by atoms with Gasteiger partial charge in [0, 0.05) is 11.1 Å². The molecule has 1 fully saturated rings. The highest BCUT2D eigenvalue weighted by molar-refractivity contribution is 5.98. The molecule has 0 aliphatic heterocycles. The Morgan fingerprint density at radius 2 is 1.81 bits per heavy atom. The number of carbonyl (C=O) groups is 2. The summed E-state index contributed by atoms with van der Waals surface area (Å²) in [6, 6.07) is 3.38. The maximum absolute atomic E-state index is 12.6. The Morgan fingerprint density at radius 3 is 2.33 bits per heavy atom. The van der Waals surface area contributed by atoms with Crippen molar-refractivity contribution in [2.75, 3.05) is 5.32 Å². The number of carboxylic acid groups (broad SMARTS) is 1. The van der Waals surface area contributed by atoms with E-state index in [9.17, 15) is 14.7 Å². The molecule has 0 heterocycles. The minimum Gasteiger partial charge on any atom is -0.478 e. The van der Waals surface area contributed by atoms with Gasteiger partial charge in [0.1, 0.15) is 0 Å². The molecule has 0 aromatic heterocycles. The van der Waals surface area contributed by atoms with Gasteiger partial charge in [-0.15, -0.1) is 0 Å². The average Bonchev–Trinajstić information content (AvgIpc) is 2.91. The summed E-state index contributed by atoms with van der Waals surface area (Å²) >= 11 is 0. The van der Waals surface area contributed by atoms with Crippen molar-refractivity contribution in [1.82, 2.24) is 0 Å². The van der Waals surface area contributed by atoms with Gasteiger partial charge in [-0.2, -0.15) is 0 Å². The molecule has 1 aromatic carbocycles. The molecule has 1 saturated carbocycles. The van der Waals surface area contributed by atoms with E-state index in [4.69, 9.17) is 0 Å². The maximum Gasteiger partial charge on any atom is 0.336 e. The van der Waals surface area contributed by atoms with Crippen molar-refractivity contribution >= 4 is 17.6 Å².